The molecule has 1 aromatic carbocycles. The third-order valence-electron chi connectivity index (χ3n) is 2.64. The van der Waals surface area contributed by atoms with Gasteiger partial charge in [-0.3, -0.25) is 0 Å². The lowest BCUT2D eigenvalue weighted by molar-refractivity contribution is 0.197. The van der Waals surface area contributed by atoms with Crippen LogP contribution >= 0.6 is 15.9 Å². The van der Waals surface area contributed by atoms with Crippen molar-refractivity contribution in [3.63, 3.8) is 0 Å². The number of rotatable bonds is 2. The molecule has 0 radical (unpaired) electrons. The second-order valence-electron chi connectivity index (χ2n) is 4.03. The first-order valence-electron chi connectivity index (χ1n) is 5.46. The largest absolute Gasteiger partial charge is 0.389 e. The average Bonchev–Trinajstić information content (AvgIpc) is 2.31. The lowest BCUT2D eigenvalue weighted by atomic mass is 10.1. The van der Waals surface area contributed by atoms with Crippen LogP contribution in [0.15, 0.2) is 28.9 Å². The molecular weight excluding hydrogens is 299 g/mol. The van der Waals surface area contributed by atoms with Gasteiger partial charge in [0.15, 0.2) is 5.82 Å². The SMILES string of the molecule is Cc1nc(-c2cc(F)ccc2Br)ncc1[C@@H](C)O. The van der Waals surface area contributed by atoms with Crippen LogP contribution in [0.1, 0.15) is 24.3 Å². The minimum absolute atomic E-state index is 0.339. The van der Waals surface area contributed by atoms with Crippen LogP contribution in [0.2, 0.25) is 0 Å². The summed E-state index contributed by atoms with van der Waals surface area (Å²) in [6.45, 7) is 3.45. The molecule has 1 heterocycles. The van der Waals surface area contributed by atoms with Crippen molar-refractivity contribution in [2.24, 2.45) is 0 Å². The van der Waals surface area contributed by atoms with Crippen molar-refractivity contribution in [2.45, 2.75) is 20.0 Å². The maximum atomic E-state index is 13.2. The zero-order valence-corrected chi connectivity index (χ0v) is 11.6. The number of hydrogen-bond acceptors (Lipinski definition) is 3. The molecule has 1 N–H and O–H groups in total. The average molecular weight is 311 g/mol. The van der Waals surface area contributed by atoms with Gasteiger partial charge >= 0.3 is 0 Å². The zero-order chi connectivity index (χ0) is 13.3. The molecule has 1 atom stereocenters. The number of aryl methyl sites for hydroxylation is 1. The van der Waals surface area contributed by atoms with Crippen LogP contribution in [0.4, 0.5) is 4.39 Å². The molecule has 0 aliphatic rings. The molecule has 3 nitrogen and oxygen atoms in total. The second kappa shape index (κ2) is 5.12. The van der Waals surface area contributed by atoms with E-state index < -0.39 is 6.10 Å². The molecule has 5 heteroatoms. The molecular formula is C13H12BrFN2O. The molecule has 0 aliphatic heterocycles. The number of nitrogens with zero attached hydrogens (tertiary/aromatic N) is 2. The summed E-state index contributed by atoms with van der Waals surface area (Å²) in [5, 5.41) is 9.52. The minimum Gasteiger partial charge on any atom is -0.389 e. The summed E-state index contributed by atoms with van der Waals surface area (Å²) in [4.78, 5) is 8.46. The van der Waals surface area contributed by atoms with Gasteiger partial charge in [0.25, 0.3) is 0 Å². The molecule has 94 valence electrons. The standard InChI is InChI=1S/C13H12BrFN2O/c1-7-11(8(2)18)6-16-13(17-7)10-5-9(15)3-4-12(10)14/h3-6,8,18H,1-2H3/t8-/m1/s1. The molecule has 2 aromatic rings. The summed E-state index contributed by atoms with van der Waals surface area (Å²) in [6.07, 6.45) is 0.953. The van der Waals surface area contributed by atoms with Gasteiger partial charge in [-0.15, -0.1) is 0 Å². The predicted octanol–water partition coefficient (Wildman–Crippen LogP) is 3.41. The normalized spacial score (nSPS) is 12.5. The number of aliphatic hydroxyl groups is 1. The van der Waals surface area contributed by atoms with Crippen molar-refractivity contribution < 1.29 is 9.50 Å². The van der Waals surface area contributed by atoms with E-state index in [1.807, 2.05) is 0 Å². The van der Waals surface area contributed by atoms with Crippen LogP contribution in [0.5, 0.6) is 0 Å². The Morgan fingerprint density at radius 1 is 1.39 bits per heavy atom. The highest BCUT2D eigenvalue weighted by Crippen LogP contribution is 2.27. The first kappa shape index (κ1) is 13.1. The van der Waals surface area contributed by atoms with Gasteiger partial charge in [-0.2, -0.15) is 0 Å². The Balaban J connectivity index is 2.52. The van der Waals surface area contributed by atoms with Gasteiger partial charge in [0.2, 0.25) is 0 Å². The smallest absolute Gasteiger partial charge is 0.160 e. The van der Waals surface area contributed by atoms with Gasteiger partial charge in [0.1, 0.15) is 5.82 Å². The van der Waals surface area contributed by atoms with E-state index in [1.54, 1.807) is 26.1 Å². The van der Waals surface area contributed by atoms with Gasteiger partial charge in [0.05, 0.1) is 6.10 Å². The summed E-state index contributed by atoms with van der Waals surface area (Å²) >= 11 is 3.34. The summed E-state index contributed by atoms with van der Waals surface area (Å²) in [7, 11) is 0. The molecule has 0 unspecified atom stereocenters. The number of benzene rings is 1. The Labute approximate surface area is 113 Å². The fraction of sp³-hybridized carbons (Fsp3) is 0.231. The molecule has 1 aromatic heterocycles. The summed E-state index contributed by atoms with van der Waals surface area (Å²) in [5.74, 6) is 0.0948. The summed E-state index contributed by atoms with van der Waals surface area (Å²) in [5.41, 5.74) is 1.95. The highest BCUT2D eigenvalue weighted by Gasteiger charge is 2.12. The topological polar surface area (TPSA) is 46.0 Å². The monoisotopic (exact) mass is 310 g/mol. The highest BCUT2D eigenvalue weighted by atomic mass is 79.9. The molecule has 0 saturated heterocycles. The van der Waals surface area contributed by atoms with Crippen LogP contribution in [0.25, 0.3) is 11.4 Å². The highest BCUT2D eigenvalue weighted by molar-refractivity contribution is 9.10. The van der Waals surface area contributed by atoms with Crippen LogP contribution in [-0.2, 0) is 0 Å². The van der Waals surface area contributed by atoms with E-state index >= 15 is 0 Å². The summed E-state index contributed by atoms with van der Waals surface area (Å²) < 4.78 is 14.0. The fourth-order valence-corrected chi connectivity index (χ4v) is 2.11. The Hall–Kier alpha value is -1.33. The van der Waals surface area contributed by atoms with Crippen molar-refractivity contribution in [3.05, 3.63) is 45.9 Å². The van der Waals surface area contributed by atoms with Crippen LogP contribution in [0, 0.1) is 12.7 Å². The molecule has 2 rings (SSSR count). The van der Waals surface area contributed by atoms with E-state index in [1.165, 1.54) is 12.1 Å². The van der Waals surface area contributed by atoms with Crippen molar-refractivity contribution >= 4 is 15.9 Å². The van der Waals surface area contributed by atoms with Crippen molar-refractivity contribution in [3.8, 4) is 11.4 Å². The molecule has 0 amide bonds. The van der Waals surface area contributed by atoms with E-state index in [9.17, 15) is 9.50 Å². The van der Waals surface area contributed by atoms with Crippen LogP contribution < -0.4 is 0 Å². The predicted molar refractivity (Wildman–Crippen MR) is 70.5 cm³/mol. The van der Waals surface area contributed by atoms with Crippen LogP contribution in [0.3, 0.4) is 0 Å². The number of aliphatic hydroxyl groups excluding tert-OH is 1. The molecule has 0 aliphatic carbocycles. The maximum absolute atomic E-state index is 13.2. The van der Waals surface area contributed by atoms with Gasteiger partial charge in [-0.25, -0.2) is 14.4 Å². The lowest BCUT2D eigenvalue weighted by Gasteiger charge is -2.10. The maximum Gasteiger partial charge on any atom is 0.160 e. The quantitative estimate of drug-likeness (QED) is 0.924. The van der Waals surface area contributed by atoms with E-state index in [2.05, 4.69) is 25.9 Å². The minimum atomic E-state index is -0.616. The van der Waals surface area contributed by atoms with E-state index in [4.69, 9.17) is 0 Å². The van der Waals surface area contributed by atoms with E-state index in [0.717, 1.165) is 4.47 Å². The Morgan fingerprint density at radius 2 is 2.11 bits per heavy atom. The molecule has 0 bridgehead atoms. The molecule has 18 heavy (non-hydrogen) atoms. The lowest BCUT2D eigenvalue weighted by Crippen LogP contribution is -2.01. The zero-order valence-electron chi connectivity index (χ0n) is 9.98. The van der Waals surface area contributed by atoms with E-state index in [0.29, 0.717) is 22.6 Å². The fourth-order valence-electron chi connectivity index (χ4n) is 1.69. The number of hydrogen-bond donors (Lipinski definition) is 1. The second-order valence-corrected chi connectivity index (χ2v) is 4.89. The first-order valence-corrected chi connectivity index (χ1v) is 6.25. The molecule has 0 saturated carbocycles. The van der Waals surface area contributed by atoms with Gasteiger partial charge in [-0.05, 0) is 32.0 Å². The Kier molecular flexibility index (Phi) is 3.73. The Morgan fingerprint density at radius 3 is 2.72 bits per heavy atom. The van der Waals surface area contributed by atoms with Crippen molar-refractivity contribution in [2.75, 3.05) is 0 Å². The molecule has 0 spiro atoms. The Bertz CT molecular complexity index is 587. The molecule has 0 fully saturated rings. The van der Waals surface area contributed by atoms with Crippen molar-refractivity contribution in [1.29, 1.82) is 0 Å². The third-order valence-corrected chi connectivity index (χ3v) is 3.33. The third kappa shape index (κ3) is 2.57. The van der Waals surface area contributed by atoms with Crippen LogP contribution in [-0.4, -0.2) is 15.1 Å². The van der Waals surface area contributed by atoms with Crippen molar-refractivity contribution in [1.82, 2.24) is 9.97 Å². The van der Waals surface area contributed by atoms with E-state index in [-0.39, 0.29) is 5.82 Å². The number of halogens is 2. The number of aromatic nitrogens is 2. The van der Waals surface area contributed by atoms with Gasteiger partial charge < -0.3 is 5.11 Å². The van der Waals surface area contributed by atoms with Gasteiger partial charge in [0, 0.05) is 27.5 Å². The van der Waals surface area contributed by atoms with Gasteiger partial charge in [-0.1, -0.05) is 15.9 Å². The summed E-state index contributed by atoms with van der Waals surface area (Å²) in [6, 6.07) is 4.36. The first-order chi connectivity index (χ1) is 8.49.